The van der Waals surface area contributed by atoms with Crippen LogP contribution in [-0.4, -0.2) is 0 Å². The minimum atomic E-state index is 0.147. The lowest BCUT2D eigenvalue weighted by molar-refractivity contribution is 0.408. The molecule has 0 fully saturated rings. The molecule has 1 atom stereocenters. The third-order valence-electron chi connectivity index (χ3n) is 1.72. The molecule has 1 aromatic rings. The highest BCUT2D eigenvalue weighted by atomic mass is 79.9. The van der Waals surface area contributed by atoms with Gasteiger partial charge in [-0.05, 0) is 17.0 Å². The van der Waals surface area contributed by atoms with Gasteiger partial charge in [-0.3, -0.25) is 0 Å². The first kappa shape index (κ1) is 11.8. The molecule has 0 bridgehead atoms. The predicted octanol–water partition coefficient (Wildman–Crippen LogP) is 5.54. The summed E-state index contributed by atoms with van der Waals surface area (Å²) < 4.78 is 1.52. The van der Waals surface area contributed by atoms with Gasteiger partial charge in [0.15, 0.2) is 0 Å². The van der Waals surface area contributed by atoms with Gasteiger partial charge in [-0.1, -0.05) is 59.9 Å². The number of hydrogen-bond acceptors (Lipinski definition) is 1. The molecule has 0 radical (unpaired) electrons. The Morgan fingerprint density at radius 1 is 1.38 bits per heavy atom. The van der Waals surface area contributed by atoms with Gasteiger partial charge >= 0.3 is 0 Å². The summed E-state index contributed by atoms with van der Waals surface area (Å²) in [7, 11) is 0. The van der Waals surface area contributed by atoms with Crippen molar-refractivity contribution >= 4 is 50.5 Å². The van der Waals surface area contributed by atoms with E-state index in [1.54, 1.807) is 0 Å². The van der Waals surface area contributed by atoms with Crippen LogP contribution in [0.5, 0.6) is 0 Å². The van der Waals surface area contributed by atoms with Crippen LogP contribution in [0.3, 0.4) is 0 Å². The van der Waals surface area contributed by atoms with E-state index in [0.717, 1.165) is 14.2 Å². The second-order valence-electron chi connectivity index (χ2n) is 4.01. The van der Waals surface area contributed by atoms with Gasteiger partial charge in [-0.25, -0.2) is 0 Å². The Hall–Kier alpha value is 0.760. The number of thiophene rings is 1. The van der Waals surface area contributed by atoms with Gasteiger partial charge in [-0.2, -0.15) is 0 Å². The Kier molecular flexibility index (Phi) is 3.73. The fourth-order valence-electron chi connectivity index (χ4n) is 0.992. The molecule has 0 aromatic carbocycles. The molecule has 0 N–H and O–H groups in total. The van der Waals surface area contributed by atoms with Crippen LogP contribution < -0.4 is 0 Å². The standard InChI is InChI=1S/C9H11BrCl2S/c1-9(2,3)7(10)5-4-6(11)13-8(5)12/h4,7H,1-3H3. The van der Waals surface area contributed by atoms with Crippen molar-refractivity contribution in [2.45, 2.75) is 25.6 Å². The van der Waals surface area contributed by atoms with Crippen molar-refractivity contribution in [1.82, 2.24) is 0 Å². The minimum Gasteiger partial charge on any atom is -0.111 e. The maximum absolute atomic E-state index is 6.05. The predicted molar refractivity (Wildman–Crippen MR) is 65.5 cm³/mol. The Morgan fingerprint density at radius 3 is 2.23 bits per heavy atom. The quantitative estimate of drug-likeness (QED) is 0.598. The van der Waals surface area contributed by atoms with Crippen molar-refractivity contribution in [1.29, 1.82) is 0 Å². The molecule has 0 saturated carbocycles. The first-order chi connectivity index (χ1) is 5.82. The van der Waals surface area contributed by atoms with E-state index in [4.69, 9.17) is 23.2 Å². The monoisotopic (exact) mass is 300 g/mol. The summed E-state index contributed by atoms with van der Waals surface area (Å²) in [5, 5.41) is 0. The molecule has 4 heteroatoms. The molecule has 0 aliphatic rings. The highest BCUT2D eigenvalue weighted by Gasteiger charge is 2.26. The maximum atomic E-state index is 6.05. The number of rotatable bonds is 1. The first-order valence-electron chi connectivity index (χ1n) is 3.91. The zero-order valence-corrected chi connectivity index (χ0v) is 11.6. The van der Waals surface area contributed by atoms with Crippen molar-refractivity contribution in [3.8, 4) is 0 Å². The number of hydrogen-bond donors (Lipinski definition) is 0. The third kappa shape index (κ3) is 2.85. The zero-order valence-electron chi connectivity index (χ0n) is 7.70. The average Bonchev–Trinajstić information content (AvgIpc) is 2.26. The molecule has 1 rings (SSSR count). The fourth-order valence-corrected chi connectivity index (χ4v) is 3.17. The van der Waals surface area contributed by atoms with E-state index in [-0.39, 0.29) is 10.2 Å². The van der Waals surface area contributed by atoms with Crippen LogP contribution in [0.25, 0.3) is 0 Å². The van der Waals surface area contributed by atoms with E-state index < -0.39 is 0 Å². The summed E-state index contributed by atoms with van der Waals surface area (Å²) in [6.45, 7) is 6.48. The summed E-state index contributed by atoms with van der Waals surface area (Å²) in [6.07, 6.45) is 0. The zero-order chi connectivity index (χ0) is 10.2. The number of halogens is 3. The van der Waals surface area contributed by atoms with E-state index in [9.17, 15) is 0 Å². The molecule has 1 unspecified atom stereocenters. The summed E-state index contributed by atoms with van der Waals surface area (Å²) in [4.78, 5) is 0.247. The third-order valence-corrected chi connectivity index (χ3v) is 5.10. The van der Waals surface area contributed by atoms with Gasteiger partial charge in [0, 0.05) is 4.83 Å². The Bertz CT molecular complexity index is 301. The van der Waals surface area contributed by atoms with Crippen molar-refractivity contribution < 1.29 is 0 Å². The lowest BCUT2D eigenvalue weighted by Gasteiger charge is -2.25. The van der Waals surface area contributed by atoms with Crippen LogP contribution in [0.15, 0.2) is 6.07 Å². The van der Waals surface area contributed by atoms with Gasteiger partial charge < -0.3 is 0 Å². The normalized spacial score (nSPS) is 14.6. The van der Waals surface area contributed by atoms with Gasteiger partial charge in [0.1, 0.15) is 0 Å². The van der Waals surface area contributed by atoms with Crippen molar-refractivity contribution in [2.24, 2.45) is 5.41 Å². The van der Waals surface area contributed by atoms with Crippen LogP contribution in [0.1, 0.15) is 31.2 Å². The smallest absolute Gasteiger partial charge is 0.0987 e. The van der Waals surface area contributed by atoms with Crippen molar-refractivity contribution in [2.75, 3.05) is 0 Å². The summed E-state index contributed by atoms with van der Waals surface area (Å²) >= 11 is 17.0. The molecule has 1 heterocycles. The fraction of sp³-hybridized carbons (Fsp3) is 0.556. The highest BCUT2D eigenvalue weighted by Crippen LogP contribution is 2.46. The van der Waals surface area contributed by atoms with Gasteiger partial charge in [-0.15, -0.1) is 11.3 Å². The van der Waals surface area contributed by atoms with E-state index in [1.807, 2.05) is 6.07 Å². The van der Waals surface area contributed by atoms with Crippen LogP contribution in [0, 0.1) is 5.41 Å². The van der Waals surface area contributed by atoms with Crippen LogP contribution >= 0.6 is 50.5 Å². The number of alkyl halides is 1. The molecule has 0 aliphatic carbocycles. The average molecular weight is 302 g/mol. The molecular weight excluding hydrogens is 291 g/mol. The SMILES string of the molecule is CC(C)(C)C(Br)c1cc(Cl)sc1Cl. The van der Waals surface area contributed by atoms with Gasteiger partial charge in [0.2, 0.25) is 0 Å². The van der Waals surface area contributed by atoms with Gasteiger partial charge in [0.05, 0.1) is 8.67 Å². The molecule has 74 valence electrons. The lowest BCUT2D eigenvalue weighted by Crippen LogP contribution is -2.12. The summed E-state index contributed by atoms with van der Waals surface area (Å²) in [5.74, 6) is 0. The van der Waals surface area contributed by atoms with E-state index >= 15 is 0 Å². The van der Waals surface area contributed by atoms with Crippen molar-refractivity contribution in [3.05, 3.63) is 20.3 Å². The molecule has 0 saturated heterocycles. The maximum Gasteiger partial charge on any atom is 0.0987 e. The Balaban J connectivity index is 3.01. The molecule has 1 aromatic heterocycles. The van der Waals surface area contributed by atoms with Crippen LogP contribution in [-0.2, 0) is 0 Å². The second kappa shape index (κ2) is 4.09. The Labute approximate surface area is 101 Å². The van der Waals surface area contributed by atoms with E-state index in [0.29, 0.717) is 0 Å². The Morgan fingerprint density at radius 2 is 1.92 bits per heavy atom. The van der Waals surface area contributed by atoms with Crippen LogP contribution in [0.4, 0.5) is 0 Å². The molecule has 0 spiro atoms. The highest BCUT2D eigenvalue weighted by molar-refractivity contribution is 9.09. The van der Waals surface area contributed by atoms with Gasteiger partial charge in [0.25, 0.3) is 0 Å². The van der Waals surface area contributed by atoms with Crippen molar-refractivity contribution in [3.63, 3.8) is 0 Å². The first-order valence-corrected chi connectivity index (χ1v) is 6.40. The summed E-state index contributed by atoms with van der Waals surface area (Å²) in [5.41, 5.74) is 1.23. The second-order valence-corrected chi connectivity index (χ2v) is 7.21. The van der Waals surface area contributed by atoms with Crippen LogP contribution in [0.2, 0.25) is 8.67 Å². The molecule has 13 heavy (non-hydrogen) atoms. The molecule has 0 nitrogen and oxygen atoms in total. The largest absolute Gasteiger partial charge is 0.111 e. The molecule has 0 aliphatic heterocycles. The minimum absolute atomic E-state index is 0.147. The molecular formula is C9H11BrCl2S. The molecule has 0 amide bonds. The summed E-state index contributed by atoms with van der Waals surface area (Å²) in [6, 6.07) is 1.93. The lowest BCUT2D eigenvalue weighted by atomic mass is 9.89. The van der Waals surface area contributed by atoms with E-state index in [2.05, 4.69) is 36.7 Å². The topological polar surface area (TPSA) is 0 Å². The van der Waals surface area contributed by atoms with E-state index in [1.165, 1.54) is 11.3 Å².